The number of thioether (sulfide) groups is 1. The van der Waals surface area contributed by atoms with Crippen molar-refractivity contribution in [2.75, 3.05) is 17.6 Å². The van der Waals surface area contributed by atoms with E-state index >= 15 is 0 Å². The summed E-state index contributed by atoms with van der Waals surface area (Å²) in [6.45, 7) is 0.817. The molecular weight excluding hydrogens is 297 g/mol. The average molecular weight is 312 g/mol. The Kier molecular flexibility index (Phi) is 5.50. The van der Waals surface area contributed by atoms with Crippen LogP contribution in [0.5, 0.6) is 0 Å². The molecule has 2 nitrogen and oxygen atoms in total. The number of para-hydroxylation sites is 1. The Balaban J connectivity index is 1.69. The molecule has 2 aromatic rings. The maximum atomic E-state index is 12.4. The first-order valence-corrected chi connectivity index (χ1v) is 7.49. The highest BCUT2D eigenvalue weighted by Crippen LogP contribution is 2.29. The van der Waals surface area contributed by atoms with Gasteiger partial charge in [0.15, 0.2) is 0 Å². The van der Waals surface area contributed by atoms with Gasteiger partial charge in [-0.05, 0) is 30.7 Å². The van der Waals surface area contributed by atoms with Crippen LogP contribution in [-0.2, 0) is 6.18 Å². The van der Waals surface area contributed by atoms with Crippen LogP contribution in [0, 0.1) is 0 Å². The molecule has 21 heavy (non-hydrogen) atoms. The van der Waals surface area contributed by atoms with Crippen molar-refractivity contribution in [3.8, 4) is 0 Å². The van der Waals surface area contributed by atoms with Crippen molar-refractivity contribution in [1.29, 1.82) is 0 Å². The van der Waals surface area contributed by atoms with Crippen molar-refractivity contribution in [3.05, 3.63) is 54.2 Å². The van der Waals surface area contributed by atoms with Gasteiger partial charge >= 0.3 is 6.18 Å². The quantitative estimate of drug-likeness (QED) is 0.618. The van der Waals surface area contributed by atoms with Crippen LogP contribution in [0.2, 0.25) is 0 Å². The number of rotatable bonds is 6. The minimum absolute atomic E-state index is 0.614. The van der Waals surface area contributed by atoms with Crippen LogP contribution in [0.15, 0.2) is 53.7 Å². The number of hydrogen-bond donors (Lipinski definition) is 1. The van der Waals surface area contributed by atoms with Crippen molar-refractivity contribution in [3.63, 3.8) is 0 Å². The topological polar surface area (TPSA) is 24.9 Å². The lowest BCUT2D eigenvalue weighted by Crippen LogP contribution is -2.05. The molecule has 0 aliphatic rings. The summed E-state index contributed by atoms with van der Waals surface area (Å²) in [5, 5.41) is 3.89. The van der Waals surface area contributed by atoms with E-state index in [-0.39, 0.29) is 0 Å². The van der Waals surface area contributed by atoms with Crippen molar-refractivity contribution < 1.29 is 13.2 Å². The largest absolute Gasteiger partial charge is 0.417 e. The lowest BCUT2D eigenvalue weighted by molar-refractivity contribution is -0.137. The van der Waals surface area contributed by atoms with E-state index in [1.165, 1.54) is 17.8 Å². The molecule has 6 heteroatoms. The highest BCUT2D eigenvalue weighted by atomic mass is 32.2. The summed E-state index contributed by atoms with van der Waals surface area (Å²) in [7, 11) is 0. The smallest absolute Gasteiger partial charge is 0.385 e. The van der Waals surface area contributed by atoms with Crippen LogP contribution in [0.4, 0.5) is 18.9 Å². The number of hydrogen-bond acceptors (Lipinski definition) is 3. The van der Waals surface area contributed by atoms with Gasteiger partial charge in [-0.15, -0.1) is 11.8 Å². The number of nitrogens with one attached hydrogen (secondary N) is 1. The molecule has 0 unspecified atom stereocenters. The molecule has 0 spiro atoms. The fourth-order valence-electron chi connectivity index (χ4n) is 1.67. The van der Waals surface area contributed by atoms with Gasteiger partial charge in [0.1, 0.15) is 0 Å². The standard InChI is InChI=1S/C15H15F3N2S/c16-15(17,18)12-7-8-14(20-11-12)21-10-4-9-19-13-5-2-1-3-6-13/h1-3,5-8,11,19H,4,9-10H2. The normalized spacial score (nSPS) is 11.4. The molecule has 1 aromatic carbocycles. The lowest BCUT2D eigenvalue weighted by atomic mass is 10.3. The maximum absolute atomic E-state index is 12.4. The Bertz CT molecular complexity index is 541. The molecular formula is C15H15F3N2S. The SMILES string of the molecule is FC(F)(F)c1ccc(SCCCNc2ccccc2)nc1. The zero-order valence-corrected chi connectivity index (χ0v) is 12.0. The molecule has 1 aromatic heterocycles. The van der Waals surface area contributed by atoms with Crippen LogP contribution in [0.1, 0.15) is 12.0 Å². The highest BCUT2D eigenvalue weighted by Gasteiger charge is 2.30. The first kappa shape index (κ1) is 15.7. The molecule has 0 radical (unpaired) electrons. The van der Waals surface area contributed by atoms with Crippen LogP contribution in [0.25, 0.3) is 0 Å². The van der Waals surface area contributed by atoms with Crippen molar-refractivity contribution in [2.24, 2.45) is 0 Å². The van der Waals surface area contributed by atoms with Crippen molar-refractivity contribution in [2.45, 2.75) is 17.6 Å². The lowest BCUT2D eigenvalue weighted by Gasteiger charge is -2.07. The summed E-state index contributed by atoms with van der Waals surface area (Å²) in [6, 6.07) is 12.3. The Hall–Kier alpha value is -1.69. The van der Waals surface area contributed by atoms with Gasteiger partial charge in [-0.25, -0.2) is 4.98 Å². The number of nitrogens with zero attached hydrogens (tertiary/aromatic N) is 1. The predicted octanol–water partition coefficient (Wildman–Crippen LogP) is 4.69. The van der Waals surface area contributed by atoms with Crippen LogP contribution >= 0.6 is 11.8 Å². The molecule has 0 aliphatic carbocycles. The molecule has 0 bridgehead atoms. The molecule has 2 rings (SSSR count). The molecule has 1 N–H and O–H groups in total. The summed E-state index contributed by atoms with van der Waals surface area (Å²) in [5.41, 5.74) is 0.354. The Morgan fingerprint density at radius 1 is 1.05 bits per heavy atom. The average Bonchev–Trinajstić information content (AvgIpc) is 2.47. The van der Waals surface area contributed by atoms with E-state index in [9.17, 15) is 13.2 Å². The maximum Gasteiger partial charge on any atom is 0.417 e. The highest BCUT2D eigenvalue weighted by molar-refractivity contribution is 7.99. The molecule has 0 amide bonds. The summed E-state index contributed by atoms with van der Waals surface area (Å²) < 4.78 is 37.1. The summed E-state index contributed by atoms with van der Waals surface area (Å²) in [4.78, 5) is 3.82. The molecule has 1 heterocycles. The van der Waals surface area contributed by atoms with Gasteiger partial charge < -0.3 is 5.32 Å². The molecule has 0 aliphatic heterocycles. The second kappa shape index (κ2) is 7.36. The fourth-order valence-corrected chi connectivity index (χ4v) is 2.46. The van der Waals surface area contributed by atoms with Gasteiger partial charge in [-0.1, -0.05) is 18.2 Å². The van der Waals surface area contributed by atoms with E-state index in [1.54, 1.807) is 0 Å². The number of anilines is 1. The molecule has 0 atom stereocenters. The predicted molar refractivity (Wildman–Crippen MR) is 79.5 cm³/mol. The minimum atomic E-state index is -4.32. The number of alkyl halides is 3. The Morgan fingerprint density at radius 2 is 1.81 bits per heavy atom. The monoisotopic (exact) mass is 312 g/mol. The number of aromatic nitrogens is 1. The van der Waals surface area contributed by atoms with Gasteiger partial charge in [-0.2, -0.15) is 13.2 Å². The zero-order valence-electron chi connectivity index (χ0n) is 11.2. The third kappa shape index (κ3) is 5.30. The van der Waals surface area contributed by atoms with E-state index in [0.29, 0.717) is 5.03 Å². The van der Waals surface area contributed by atoms with E-state index in [0.717, 1.165) is 36.7 Å². The first-order valence-electron chi connectivity index (χ1n) is 6.51. The Morgan fingerprint density at radius 3 is 2.43 bits per heavy atom. The summed E-state index contributed by atoms with van der Waals surface area (Å²) >= 11 is 1.46. The summed E-state index contributed by atoms with van der Waals surface area (Å²) in [5.74, 6) is 0.804. The van der Waals surface area contributed by atoms with Gasteiger partial charge in [0.25, 0.3) is 0 Å². The molecule has 0 saturated carbocycles. The number of halogens is 3. The van der Waals surface area contributed by atoms with E-state index < -0.39 is 11.7 Å². The second-order valence-electron chi connectivity index (χ2n) is 4.38. The number of benzene rings is 1. The summed E-state index contributed by atoms with van der Waals surface area (Å²) in [6.07, 6.45) is -2.54. The fraction of sp³-hybridized carbons (Fsp3) is 0.267. The third-order valence-corrected chi connectivity index (χ3v) is 3.77. The van der Waals surface area contributed by atoms with Gasteiger partial charge in [0.05, 0.1) is 10.6 Å². The Labute approximate surface area is 125 Å². The minimum Gasteiger partial charge on any atom is -0.385 e. The van der Waals surface area contributed by atoms with E-state index in [4.69, 9.17) is 0 Å². The van der Waals surface area contributed by atoms with Crippen molar-refractivity contribution >= 4 is 17.4 Å². The van der Waals surface area contributed by atoms with Crippen LogP contribution in [0.3, 0.4) is 0 Å². The first-order chi connectivity index (χ1) is 10.1. The van der Waals surface area contributed by atoms with E-state index in [1.807, 2.05) is 30.3 Å². The second-order valence-corrected chi connectivity index (χ2v) is 5.49. The molecule has 0 saturated heterocycles. The third-order valence-electron chi connectivity index (χ3n) is 2.74. The zero-order chi connectivity index (χ0) is 15.1. The van der Waals surface area contributed by atoms with Gasteiger partial charge in [-0.3, -0.25) is 0 Å². The van der Waals surface area contributed by atoms with E-state index in [2.05, 4.69) is 10.3 Å². The van der Waals surface area contributed by atoms with Gasteiger partial charge in [0.2, 0.25) is 0 Å². The van der Waals surface area contributed by atoms with Gasteiger partial charge in [0, 0.05) is 24.2 Å². The van der Waals surface area contributed by atoms with Crippen LogP contribution < -0.4 is 5.32 Å². The molecule has 112 valence electrons. The molecule has 0 fully saturated rings. The van der Waals surface area contributed by atoms with Crippen LogP contribution in [-0.4, -0.2) is 17.3 Å². The van der Waals surface area contributed by atoms with Crippen molar-refractivity contribution in [1.82, 2.24) is 4.98 Å². The number of pyridine rings is 1.